The predicted molar refractivity (Wildman–Crippen MR) is 78.8 cm³/mol. The van der Waals surface area contributed by atoms with E-state index >= 15 is 0 Å². The van der Waals surface area contributed by atoms with E-state index in [2.05, 4.69) is 29.2 Å². The van der Waals surface area contributed by atoms with Crippen molar-refractivity contribution >= 4 is 5.78 Å². The van der Waals surface area contributed by atoms with E-state index in [1.54, 1.807) is 24.3 Å². The number of hydrogen-bond donors (Lipinski definition) is 1. The lowest BCUT2D eigenvalue weighted by molar-refractivity contribution is 0.0876. The Morgan fingerprint density at radius 3 is 2.75 bits per heavy atom. The number of benzene rings is 1. The Kier molecular flexibility index (Phi) is 3.70. The minimum Gasteiger partial charge on any atom is -0.507 e. The Morgan fingerprint density at radius 1 is 1.20 bits per heavy atom. The van der Waals surface area contributed by atoms with Crippen LogP contribution >= 0.6 is 0 Å². The summed E-state index contributed by atoms with van der Waals surface area (Å²) in [5.41, 5.74) is 0.425. The van der Waals surface area contributed by atoms with Gasteiger partial charge in [-0.2, -0.15) is 0 Å². The second kappa shape index (κ2) is 5.63. The lowest BCUT2D eigenvalue weighted by atomic mass is 9.82. The number of allylic oxidation sites excluding steroid dienone is 3. The van der Waals surface area contributed by atoms with E-state index in [4.69, 9.17) is 0 Å². The van der Waals surface area contributed by atoms with E-state index in [9.17, 15) is 9.90 Å². The molecule has 104 valence electrons. The van der Waals surface area contributed by atoms with E-state index in [0.717, 1.165) is 19.5 Å². The fourth-order valence-corrected chi connectivity index (χ4v) is 3.07. The van der Waals surface area contributed by atoms with Crippen molar-refractivity contribution in [1.29, 1.82) is 0 Å². The van der Waals surface area contributed by atoms with Crippen LogP contribution in [0.2, 0.25) is 0 Å². The highest BCUT2D eigenvalue weighted by molar-refractivity contribution is 5.99. The number of para-hydroxylation sites is 1. The number of nitrogens with zero attached hydrogens (tertiary/aromatic N) is 1. The third kappa shape index (κ3) is 2.68. The van der Waals surface area contributed by atoms with Crippen LogP contribution in [0.25, 0.3) is 0 Å². The maximum atomic E-state index is 12.3. The molecule has 1 fully saturated rings. The summed E-state index contributed by atoms with van der Waals surface area (Å²) in [6, 6.07) is 6.77. The van der Waals surface area contributed by atoms with Gasteiger partial charge in [0.05, 0.1) is 12.1 Å². The molecule has 1 aromatic rings. The number of likely N-dealkylation sites (tertiary alicyclic amines) is 1. The number of carbonyl (C=O) groups excluding carboxylic acids is 1. The first-order chi connectivity index (χ1) is 9.74. The molecule has 1 aromatic carbocycles. The Balaban J connectivity index is 1.64. The van der Waals surface area contributed by atoms with Gasteiger partial charge >= 0.3 is 0 Å². The first-order valence-electron chi connectivity index (χ1n) is 7.12. The van der Waals surface area contributed by atoms with Gasteiger partial charge in [0.15, 0.2) is 5.78 Å². The second-order valence-electron chi connectivity index (χ2n) is 5.56. The van der Waals surface area contributed by atoms with Gasteiger partial charge in [0.25, 0.3) is 0 Å². The molecule has 0 aromatic heterocycles. The summed E-state index contributed by atoms with van der Waals surface area (Å²) in [7, 11) is 0. The molecule has 3 nitrogen and oxygen atoms in total. The number of hydrogen-bond acceptors (Lipinski definition) is 3. The van der Waals surface area contributed by atoms with E-state index in [0.29, 0.717) is 23.9 Å². The van der Waals surface area contributed by atoms with Gasteiger partial charge in [-0.05, 0) is 36.9 Å². The highest BCUT2D eigenvalue weighted by Gasteiger charge is 2.28. The molecule has 3 heteroatoms. The number of rotatable bonds is 3. The minimum atomic E-state index is -0.00289. The van der Waals surface area contributed by atoms with Crippen molar-refractivity contribution in [2.45, 2.75) is 6.42 Å². The van der Waals surface area contributed by atoms with Crippen molar-refractivity contribution in [3.05, 3.63) is 54.1 Å². The van der Waals surface area contributed by atoms with Gasteiger partial charge < -0.3 is 5.11 Å². The van der Waals surface area contributed by atoms with Crippen LogP contribution in [0, 0.1) is 11.8 Å². The average Bonchev–Trinajstić information content (AvgIpc) is 2.47. The molecule has 0 spiro atoms. The molecule has 0 amide bonds. The maximum Gasteiger partial charge on any atom is 0.180 e. The molecule has 1 saturated heterocycles. The molecule has 2 atom stereocenters. The van der Waals surface area contributed by atoms with Gasteiger partial charge in [-0.3, -0.25) is 9.69 Å². The summed E-state index contributed by atoms with van der Waals surface area (Å²) in [6.45, 7) is 2.25. The number of phenolic OH excluding ortho intramolecular Hbond substituents is 1. The monoisotopic (exact) mass is 269 g/mol. The average molecular weight is 269 g/mol. The van der Waals surface area contributed by atoms with E-state index in [1.165, 1.54) is 0 Å². The number of aromatic hydroxyl groups is 1. The van der Waals surface area contributed by atoms with Crippen molar-refractivity contribution in [2.75, 3.05) is 19.6 Å². The van der Waals surface area contributed by atoms with E-state index in [-0.39, 0.29) is 11.5 Å². The lowest BCUT2D eigenvalue weighted by Crippen LogP contribution is -2.42. The third-order valence-corrected chi connectivity index (χ3v) is 4.20. The predicted octanol–water partition coefficient (Wildman–Crippen LogP) is 2.64. The van der Waals surface area contributed by atoms with Crippen molar-refractivity contribution in [2.24, 2.45) is 11.8 Å². The van der Waals surface area contributed by atoms with Crippen LogP contribution in [0.1, 0.15) is 16.8 Å². The molecule has 0 bridgehead atoms. The summed E-state index contributed by atoms with van der Waals surface area (Å²) in [4.78, 5) is 14.5. The maximum absolute atomic E-state index is 12.3. The SMILES string of the molecule is O=C(CN1CC[C@@H]2C=CC=C[C@@H]2C1)c1ccccc1O. The highest BCUT2D eigenvalue weighted by atomic mass is 16.3. The second-order valence-corrected chi connectivity index (χ2v) is 5.56. The molecule has 2 aliphatic rings. The third-order valence-electron chi connectivity index (χ3n) is 4.20. The van der Waals surface area contributed by atoms with Crippen molar-refractivity contribution in [3.8, 4) is 5.75 Å². The van der Waals surface area contributed by atoms with Crippen LogP contribution in [0.5, 0.6) is 5.75 Å². The fraction of sp³-hybridized carbons (Fsp3) is 0.353. The summed E-state index contributed by atoms with van der Waals surface area (Å²) in [5, 5.41) is 9.74. The van der Waals surface area contributed by atoms with Crippen molar-refractivity contribution < 1.29 is 9.90 Å². The van der Waals surface area contributed by atoms with Crippen LogP contribution in [0.3, 0.4) is 0 Å². The van der Waals surface area contributed by atoms with Gasteiger partial charge in [-0.1, -0.05) is 36.4 Å². The summed E-state index contributed by atoms with van der Waals surface area (Å²) in [6.07, 6.45) is 9.81. The van der Waals surface area contributed by atoms with Gasteiger partial charge in [0, 0.05) is 6.54 Å². The molecular weight excluding hydrogens is 250 g/mol. The van der Waals surface area contributed by atoms with Gasteiger partial charge in [0.2, 0.25) is 0 Å². The number of ketones is 1. The largest absolute Gasteiger partial charge is 0.507 e. The molecule has 1 aliphatic heterocycles. The van der Waals surface area contributed by atoms with Crippen LogP contribution in [-0.2, 0) is 0 Å². The Labute approximate surface area is 119 Å². The topological polar surface area (TPSA) is 40.5 Å². The molecule has 0 radical (unpaired) electrons. The number of piperidine rings is 1. The molecule has 3 rings (SSSR count). The van der Waals surface area contributed by atoms with Gasteiger partial charge in [0.1, 0.15) is 5.75 Å². The summed E-state index contributed by atoms with van der Waals surface area (Å²) in [5.74, 6) is 1.21. The number of phenols is 1. The van der Waals surface area contributed by atoms with Crippen molar-refractivity contribution in [3.63, 3.8) is 0 Å². The quantitative estimate of drug-likeness (QED) is 0.858. The zero-order valence-corrected chi connectivity index (χ0v) is 11.4. The molecule has 1 aliphatic carbocycles. The van der Waals surface area contributed by atoms with Crippen LogP contribution in [-0.4, -0.2) is 35.4 Å². The first-order valence-corrected chi connectivity index (χ1v) is 7.12. The molecule has 0 unspecified atom stereocenters. The molecule has 20 heavy (non-hydrogen) atoms. The minimum absolute atomic E-state index is 0.00289. The van der Waals surface area contributed by atoms with Crippen molar-refractivity contribution in [1.82, 2.24) is 4.90 Å². The molecule has 1 N–H and O–H groups in total. The van der Waals surface area contributed by atoms with Crippen LogP contribution in [0.15, 0.2) is 48.6 Å². The summed E-state index contributed by atoms with van der Waals surface area (Å²) < 4.78 is 0. The van der Waals surface area contributed by atoms with Crippen LogP contribution in [0.4, 0.5) is 0 Å². The Bertz CT molecular complexity index is 562. The number of fused-ring (bicyclic) bond motifs is 1. The first kappa shape index (κ1) is 13.1. The fourth-order valence-electron chi connectivity index (χ4n) is 3.07. The molecular formula is C17H19NO2. The summed E-state index contributed by atoms with van der Waals surface area (Å²) >= 11 is 0. The van der Waals surface area contributed by atoms with E-state index in [1.807, 2.05) is 0 Å². The Hall–Kier alpha value is -1.87. The standard InChI is InChI=1S/C17H19NO2/c19-16-8-4-3-7-15(16)17(20)12-18-10-9-13-5-1-2-6-14(13)11-18/h1-8,13-14,19H,9-12H2/t13-,14+/m0/s1. The van der Waals surface area contributed by atoms with Crippen LogP contribution < -0.4 is 0 Å². The number of carbonyl (C=O) groups is 1. The normalized spacial score (nSPS) is 25.4. The smallest absolute Gasteiger partial charge is 0.180 e. The van der Waals surface area contributed by atoms with Gasteiger partial charge in [-0.15, -0.1) is 0 Å². The lowest BCUT2D eigenvalue weighted by Gasteiger charge is -2.36. The highest BCUT2D eigenvalue weighted by Crippen LogP contribution is 2.28. The van der Waals surface area contributed by atoms with E-state index < -0.39 is 0 Å². The van der Waals surface area contributed by atoms with Gasteiger partial charge in [-0.25, -0.2) is 0 Å². The number of Topliss-reactive ketones (excluding diaryl/α,β-unsaturated/α-hetero) is 1. The zero-order chi connectivity index (χ0) is 13.9. The Morgan fingerprint density at radius 2 is 1.95 bits per heavy atom. The molecule has 1 heterocycles. The molecule has 0 saturated carbocycles. The zero-order valence-electron chi connectivity index (χ0n) is 11.4.